The number of amides is 1. The molecule has 0 radical (unpaired) electrons. The number of fused-ring (bicyclic) bond motifs is 1. The lowest BCUT2D eigenvalue weighted by atomic mass is 10.1. The fraction of sp³-hybridized carbons (Fsp3) is 0.429. The molecule has 0 aliphatic carbocycles. The number of ether oxygens (including phenoxy) is 1. The van der Waals surface area contributed by atoms with Gasteiger partial charge in [0.2, 0.25) is 5.91 Å². The topological polar surface area (TPSA) is 46.6 Å². The van der Waals surface area contributed by atoms with Gasteiger partial charge in [-0.05, 0) is 18.6 Å². The number of ketones is 1. The summed E-state index contributed by atoms with van der Waals surface area (Å²) in [4.78, 5) is 25.7. The predicted octanol–water partition coefficient (Wildman–Crippen LogP) is 2.03. The normalized spacial score (nSPS) is 15.2. The summed E-state index contributed by atoms with van der Waals surface area (Å²) in [5, 5.41) is 0. The zero-order chi connectivity index (χ0) is 13.0. The lowest BCUT2D eigenvalue weighted by molar-refractivity contribution is -0.119. The zero-order valence-electron chi connectivity index (χ0n) is 10.5. The number of para-hydroxylation sites is 1. The molecule has 1 aliphatic heterocycles. The molecule has 1 heterocycles. The first-order valence-electron chi connectivity index (χ1n) is 6.15. The van der Waals surface area contributed by atoms with E-state index in [1.165, 1.54) is 0 Å². The maximum atomic E-state index is 12.1. The zero-order valence-corrected chi connectivity index (χ0v) is 10.5. The molecule has 1 aromatic rings. The molecule has 0 atom stereocenters. The Morgan fingerprint density at radius 2 is 2.17 bits per heavy atom. The molecule has 18 heavy (non-hydrogen) atoms. The lowest BCUT2D eigenvalue weighted by Gasteiger charge is -2.22. The summed E-state index contributed by atoms with van der Waals surface area (Å²) in [5.41, 5.74) is 1.39. The van der Waals surface area contributed by atoms with Crippen molar-refractivity contribution in [2.75, 3.05) is 25.2 Å². The highest BCUT2D eigenvalue weighted by atomic mass is 16.5. The van der Waals surface area contributed by atoms with Crippen LogP contribution in [-0.2, 0) is 9.53 Å². The molecular weight excluding hydrogens is 230 g/mol. The van der Waals surface area contributed by atoms with Crippen LogP contribution in [0.3, 0.4) is 0 Å². The largest absolute Gasteiger partial charge is 0.384 e. The Morgan fingerprint density at radius 3 is 2.94 bits per heavy atom. The van der Waals surface area contributed by atoms with Crippen molar-refractivity contribution in [2.24, 2.45) is 0 Å². The molecule has 0 spiro atoms. The molecule has 2 rings (SSSR count). The quantitative estimate of drug-likeness (QED) is 0.821. The SMILES string of the molecule is COCCC(=O)N1CCCC(=O)c2ccccc21. The third-order valence-corrected chi connectivity index (χ3v) is 3.10. The number of hydrogen-bond donors (Lipinski definition) is 0. The Morgan fingerprint density at radius 1 is 1.39 bits per heavy atom. The van der Waals surface area contributed by atoms with Crippen molar-refractivity contribution in [1.82, 2.24) is 0 Å². The van der Waals surface area contributed by atoms with Gasteiger partial charge in [0.1, 0.15) is 0 Å². The van der Waals surface area contributed by atoms with E-state index in [2.05, 4.69) is 0 Å². The van der Waals surface area contributed by atoms with Crippen LogP contribution >= 0.6 is 0 Å². The van der Waals surface area contributed by atoms with Gasteiger partial charge in [0.05, 0.1) is 18.7 Å². The van der Waals surface area contributed by atoms with Crippen molar-refractivity contribution >= 4 is 17.4 Å². The summed E-state index contributed by atoms with van der Waals surface area (Å²) < 4.78 is 4.93. The number of rotatable bonds is 3. The second kappa shape index (κ2) is 5.78. The predicted molar refractivity (Wildman–Crippen MR) is 68.9 cm³/mol. The summed E-state index contributed by atoms with van der Waals surface area (Å²) >= 11 is 0. The first kappa shape index (κ1) is 12.8. The molecule has 1 amide bonds. The lowest BCUT2D eigenvalue weighted by Crippen LogP contribution is -2.32. The van der Waals surface area contributed by atoms with Crippen LogP contribution in [0.15, 0.2) is 24.3 Å². The summed E-state index contributed by atoms with van der Waals surface area (Å²) in [6.07, 6.45) is 1.57. The van der Waals surface area contributed by atoms with E-state index in [1.54, 1.807) is 18.1 Å². The van der Waals surface area contributed by atoms with Crippen molar-refractivity contribution in [1.29, 1.82) is 0 Å². The summed E-state index contributed by atoms with van der Waals surface area (Å²) in [5.74, 6) is 0.131. The van der Waals surface area contributed by atoms with Gasteiger partial charge < -0.3 is 9.64 Å². The number of methoxy groups -OCH3 is 1. The van der Waals surface area contributed by atoms with Crippen LogP contribution in [0.5, 0.6) is 0 Å². The first-order chi connectivity index (χ1) is 8.74. The highest BCUT2D eigenvalue weighted by molar-refractivity contribution is 6.06. The number of carbonyl (C=O) groups excluding carboxylic acids is 2. The number of Topliss-reactive ketones (excluding diaryl/α,β-unsaturated/α-hetero) is 1. The molecule has 0 aromatic heterocycles. The maximum Gasteiger partial charge on any atom is 0.229 e. The molecule has 4 heteroatoms. The first-order valence-corrected chi connectivity index (χ1v) is 6.15. The molecule has 0 saturated carbocycles. The van der Waals surface area contributed by atoms with Crippen LogP contribution in [-0.4, -0.2) is 32.0 Å². The van der Waals surface area contributed by atoms with Crippen LogP contribution in [0.4, 0.5) is 5.69 Å². The van der Waals surface area contributed by atoms with E-state index in [-0.39, 0.29) is 11.7 Å². The van der Waals surface area contributed by atoms with Crippen molar-refractivity contribution in [3.05, 3.63) is 29.8 Å². The van der Waals surface area contributed by atoms with Crippen molar-refractivity contribution in [2.45, 2.75) is 19.3 Å². The number of anilines is 1. The minimum absolute atomic E-state index is 0.0130. The monoisotopic (exact) mass is 247 g/mol. The Hall–Kier alpha value is -1.68. The molecule has 0 unspecified atom stereocenters. The molecule has 1 aromatic carbocycles. The fourth-order valence-corrected chi connectivity index (χ4v) is 2.18. The van der Waals surface area contributed by atoms with E-state index in [1.807, 2.05) is 18.2 Å². The molecule has 0 N–H and O–H groups in total. The van der Waals surface area contributed by atoms with Gasteiger partial charge in [0.15, 0.2) is 5.78 Å². The Bertz CT molecular complexity index is 456. The van der Waals surface area contributed by atoms with Crippen molar-refractivity contribution in [3.8, 4) is 0 Å². The van der Waals surface area contributed by atoms with Crippen molar-refractivity contribution in [3.63, 3.8) is 0 Å². The Labute approximate surface area is 107 Å². The van der Waals surface area contributed by atoms with E-state index < -0.39 is 0 Å². The van der Waals surface area contributed by atoms with Gasteiger partial charge in [-0.15, -0.1) is 0 Å². The van der Waals surface area contributed by atoms with Gasteiger partial charge in [-0.25, -0.2) is 0 Å². The standard InChI is InChI=1S/C14H17NO3/c1-18-10-8-14(17)15-9-4-7-13(16)11-5-2-3-6-12(11)15/h2-3,5-6H,4,7-10H2,1H3. The molecule has 0 fully saturated rings. The van der Waals surface area contributed by atoms with E-state index in [0.29, 0.717) is 38.0 Å². The minimum atomic E-state index is 0.0130. The van der Waals surface area contributed by atoms with Gasteiger partial charge >= 0.3 is 0 Å². The van der Waals surface area contributed by atoms with Gasteiger partial charge in [0, 0.05) is 25.6 Å². The third kappa shape index (κ3) is 2.59. The molecule has 4 nitrogen and oxygen atoms in total. The van der Waals surface area contributed by atoms with E-state index in [9.17, 15) is 9.59 Å². The molecule has 0 bridgehead atoms. The maximum absolute atomic E-state index is 12.1. The third-order valence-electron chi connectivity index (χ3n) is 3.10. The minimum Gasteiger partial charge on any atom is -0.384 e. The molecule has 1 aliphatic rings. The van der Waals surface area contributed by atoms with Crippen LogP contribution in [0, 0.1) is 0 Å². The molecular formula is C14H17NO3. The number of hydrogen-bond acceptors (Lipinski definition) is 3. The van der Waals surface area contributed by atoms with Crippen LogP contribution in [0.1, 0.15) is 29.6 Å². The number of carbonyl (C=O) groups is 2. The average molecular weight is 247 g/mol. The highest BCUT2D eigenvalue weighted by Crippen LogP contribution is 2.26. The molecule has 0 saturated heterocycles. The van der Waals surface area contributed by atoms with E-state index >= 15 is 0 Å². The van der Waals surface area contributed by atoms with E-state index in [0.717, 1.165) is 5.69 Å². The summed E-state index contributed by atoms with van der Waals surface area (Å²) in [7, 11) is 1.58. The molecule has 96 valence electrons. The Balaban J connectivity index is 2.28. The number of nitrogens with zero attached hydrogens (tertiary/aromatic N) is 1. The van der Waals surface area contributed by atoms with E-state index in [4.69, 9.17) is 4.74 Å². The number of benzene rings is 1. The smallest absolute Gasteiger partial charge is 0.229 e. The Kier molecular flexibility index (Phi) is 4.10. The van der Waals surface area contributed by atoms with Gasteiger partial charge in [-0.3, -0.25) is 9.59 Å². The fourth-order valence-electron chi connectivity index (χ4n) is 2.18. The van der Waals surface area contributed by atoms with Gasteiger partial charge in [-0.1, -0.05) is 12.1 Å². The second-order valence-electron chi connectivity index (χ2n) is 4.33. The van der Waals surface area contributed by atoms with Gasteiger partial charge in [0.25, 0.3) is 0 Å². The van der Waals surface area contributed by atoms with Crippen LogP contribution in [0.2, 0.25) is 0 Å². The van der Waals surface area contributed by atoms with Gasteiger partial charge in [-0.2, -0.15) is 0 Å². The summed E-state index contributed by atoms with van der Waals surface area (Å²) in [6.45, 7) is 1.01. The van der Waals surface area contributed by atoms with Crippen LogP contribution in [0.25, 0.3) is 0 Å². The van der Waals surface area contributed by atoms with Crippen molar-refractivity contribution < 1.29 is 14.3 Å². The summed E-state index contributed by atoms with van der Waals surface area (Å²) in [6, 6.07) is 7.32. The highest BCUT2D eigenvalue weighted by Gasteiger charge is 2.24. The van der Waals surface area contributed by atoms with Crippen LogP contribution < -0.4 is 4.90 Å². The average Bonchev–Trinajstić information content (AvgIpc) is 2.56. The second-order valence-corrected chi connectivity index (χ2v) is 4.33.